The van der Waals surface area contributed by atoms with E-state index in [1.807, 2.05) is 27.7 Å². The summed E-state index contributed by atoms with van der Waals surface area (Å²) in [4.78, 5) is 10.6. The highest BCUT2D eigenvalue weighted by Gasteiger charge is 2.24. The van der Waals surface area contributed by atoms with Crippen LogP contribution in [0.1, 0.15) is 48.5 Å². The standard InChI is InChI=1S/C7H15NO.C4H10/c1-5(6(8)9)7(2,3)4;1-4(2)3/h5H,1-4H3,(H2,8,9);4H,1-3H3. The molecule has 1 amide bonds. The molecule has 1 atom stereocenters. The minimum absolute atomic E-state index is 0.00579. The van der Waals surface area contributed by atoms with Crippen molar-refractivity contribution in [2.75, 3.05) is 0 Å². The Morgan fingerprint density at radius 2 is 1.31 bits per heavy atom. The quantitative estimate of drug-likeness (QED) is 0.674. The lowest BCUT2D eigenvalue weighted by Crippen LogP contribution is -2.31. The third kappa shape index (κ3) is 11.5. The zero-order chi connectivity index (χ0) is 11.2. The lowest BCUT2D eigenvalue weighted by Gasteiger charge is -2.23. The van der Waals surface area contributed by atoms with Gasteiger partial charge in [-0.05, 0) is 11.3 Å². The van der Waals surface area contributed by atoms with Gasteiger partial charge in [0.05, 0.1) is 0 Å². The fourth-order valence-corrected chi connectivity index (χ4v) is 0.427. The van der Waals surface area contributed by atoms with E-state index in [0.717, 1.165) is 5.92 Å². The summed E-state index contributed by atoms with van der Waals surface area (Å²) in [6.07, 6.45) is 0. The molecule has 0 radical (unpaired) electrons. The van der Waals surface area contributed by atoms with E-state index in [1.54, 1.807) is 0 Å². The van der Waals surface area contributed by atoms with Gasteiger partial charge in [-0.2, -0.15) is 0 Å². The average molecular weight is 187 g/mol. The van der Waals surface area contributed by atoms with Crippen LogP contribution >= 0.6 is 0 Å². The first-order valence-electron chi connectivity index (χ1n) is 4.88. The highest BCUT2D eigenvalue weighted by atomic mass is 16.1. The van der Waals surface area contributed by atoms with Crippen LogP contribution in [-0.2, 0) is 4.79 Å². The van der Waals surface area contributed by atoms with Crippen LogP contribution in [-0.4, -0.2) is 5.91 Å². The lowest BCUT2D eigenvalue weighted by atomic mass is 9.82. The molecule has 2 heteroatoms. The van der Waals surface area contributed by atoms with Crippen LogP contribution in [0.3, 0.4) is 0 Å². The van der Waals surface area contributed by atoms with E-state index in [9.17, 15) is 4.79 Å². The summed E-state index contributed by atoms with van der Waals surface area (Å²) >= 11 is 0. The lowest BCUT2D eigenvalue weighted by molar-refractivity contribution is -0.124. The van der Waals surface area contributed by atoms with Gasteiger partial charge in [-0.1, -0.05) is 48.5 Å². The highest BCUT2D eigenvalue weighted by molar-refractivity contribution is 5.76. The summed E-state index contributed by atoms with van der Waals surface area (Å²) in [5, 5.41) is 0. The minimum Gasteiger partial charge on any atom is -0.369 e. The van der Waals surface area contributed by atoms with Crippen molar-refractivity contribution in [2.45, 2.75) is 48.5 Å². The summed E-state index contributed by atoms with van der Waals surface area (Å²) in [5.74, 6) is 0.569. The van der Waals surface area contributed by atoms with Crippen molar-refractivity contribution in [1.82, 2.24) is 0 Å². The number of amides is 1. The molecule has 80 valence electrons. The molecule has 0 aliphatic carbocycles. The average Bonchev–Trinajstić information content (AvgIpc) is 1.82. The molecule has 0 aromatic carbocycles. The summed E-state index contributed by atoms with van der Waals surface area (Å²) in [6, 6.07) is 0. The molecule has 0 aromatic rings. The van der Waals surface area contributed by atoms with Crippen LogP contribution in [0.2, 0.25) is 0 Å². The number of nitrogens with two attached hydrogens (primary N) is 1. The van der Waals surface area contributed by atoms with E-state index >= 15 is 0 Å². The van der Waals surface area contributed by atoms with E-state index in [4.69, 9.17) is 5.73 Å². The van der Waals surface area contributed by atoms with E-state index in [2.05, 4.69) is 20.8 Å². The molecule has 0 rings (SSSR count). The second-order valence-corrected chi connectivity index (χ2v) is 5.22. The van der Waals surface area contributed by atoms with Crippen LogP contribution in [0.15, 0.2) is 0 Å². The van der Waals surface area contributed by atoms with Gasteiger partial charge in [0.2, 0.25) is 5.91 Å². The van der Waals surface area contributed by atoms with Crippen LogP contribution < -0.4 is 5.73 Å². The van der Waals surface area contributed by atoms with Crippen molar-refractivity contribution >= 4 is 5.91 Å². The molecule has 0 saturated heterocycles. The number of carbonyl (C=O) groups excluding carboxylic acids is 1. The Bertz CT molecular complexity index is 142. The SMILES string of the molecule is CC(C(N)=O)C(C)(C)C.CC(C)C. The maximum atomic E-state index is 10.6. The maximum Gasteiger partial charge on any atom is 0.220 e. The molecule has 0 aliphatic rings. The molecule has 2 nitrogen and oxygen atoms in total. The van der Waals surface area contributed by atoms with Crippen molar-refractivity contribution in [3.8, 4) is 0 Å². The van der Waals surface area contributed by atoms with Gasteiger partial charge in [-0.25, -0.2) is 0 Å². The van der Waals surface area contributed by atoms with E-state index in [0.29, 0.717) is 0 Å². The number of rotatable bonds is 1. The number of hydrogen-bond acceptors (Lipinski definition) is 1. The van der Waals surface area contributed by atoms with Crippen molar-refractivity contribution in [2.24, 2.45) is 23.0 Å². The predicted molar refractivity (Wildman–Crippen MR) is 58.3 cm³/mol. The maximum absolute atomic E-state index is 10.6. The molecule has 0 fully saturated rings. The van der Waals surface area contributed by atoms with Crippen LogP contribution in [0, 0.1) is 17.3 Å². The Morgan fingerprint density at radius 3 is 1.31 bits per heavy atom. The Morgan fingerprint density at radius 1 is 1.08 bits per heavy atom. The Balaban J connectivity index is 0. The smallest absolute Gasteiger partial charge is 0.220 e. The van der Waals surface area contributed by atoms with Gasteiger partial charge in [-0.15, -0.1) is 0 Å². The van der Waals surface area contributed by atoms with Gasteiger partial charge in [0.15, 0.2) is 0 Å². The van der Waals surface area contributed by atoms with Crippen molar-refractivity contribution < 1.29 is 4.79 Å². The normalized spacial score (nSPS) is 13.2. The van der Waals surface area contributed by atoms with Crippen LogP contribution in [0.5, 0.6) is 0 Å². The zero-order valence-electron chi connectivity index (χ0n) is 10.1. The topological polar surface area (TPSA) is 43.1 Å². The molecular formula is C11H25NO. The highest BCUT2D eigenvalue weighted by Crippen LogP contribution is 2.24. The van der Waals surface area contributed by atoms with Crippen LogP contribution in [0.25, 0.3) is 0 Å². The summed E-state index contributed by atoms with van der Waals surface area (Å²) in [6.45, 7) is 14.4. The zero-order valence-corrected chi connectivity index (χ0v) is 10.1. The predicted octanol–water partition coefficient (Wildman–Crippen LogP) is 2.82. The number of primary amides is 1. The molecule has 0 aliphatic heterocycles. The van der Waals surface area contributed by atoms with Gasteiger partial charge in [-0.3, -0.25) is 4.79 Å². The van der Waals surface area contributed by atoms with Gasteiger partial charge in [0, 0.05) is 5.92 Å². The molecule has 0 heterocycles. The Kier molecular flexibility index (Phi) is 6.91. The molecule has 1 unspecified atom stereocenters. The van der Waals surface area contributed by atoms with Crippen molar-refractivity contribution in [1.29, 1.82) is 0 Å². The van der Waals surface area contributed by atoms with Gasteiger partial charge < -0.3 is 5.73 Å². The Labute approximate surface area is 82.9 Å². The van der Waals surface area contributed by atoms with Gasteiger partial charge in [0.25, 0.3) is 0 Å². The molecule has 0 spiro atoms. The monoisotopic (exact) mass is 187 g/mol. The fraction of sp³-hybridized carbons (Fsp3) is 0.909. The molecule has 0 saturated carbocycles. The first-order valence-corrected chi connectivity index (χ1v) is 4.88. The molecule has 0 aromatic heterocycles. The molecular weight excluding hydrogens is 162 g/mol. The fourth-order valence-electron chi connectivity index (χ4n) is 0.427. The van der Waals surface area contributed by atoms with Crippen molar-refractivity contribution in [3.63, 3.8) is 0 Å². The molecule has 13 heavy (non-hydrogen) atoms. The van der Waals surface area contributed by atoms with Crippen LogP contribution in [0.4, 0.5) is 0 Å². The van der Waals surface area contributed by atoms with Gasteiger partial charge >= 0.3 is 0 Å². The second-order valence-electron chi connectivity index (χ2n) is 5.22. The van der Waals surface area contributed by atoms with Gasteiger partial charge in [0.1, 0.15) is 0 Å². The van der Waals surface area contributed by atoms with E-state index in [-0.39, 0.29) is 17.2 Å². The molecule has 2 N–H and O–H groups in total. The first-order chi connectivity index (χ1) is 5.59. The molecule has 0 bridgehead atoms. The third-order valence-corrected chi connectivity index (χ3v) is 1.73. The minimum atomic E-state index is -0.220. The first kappa shape index (κ1) is 15.0. The second kappa shape index (κ2) is 6.01. The summed E-state index contributed by atoms with van der Waals surface area (Å²) in [7, 11) is 0. The third-order valence-electron chi connectivity index (χ3n) is 1.73. The van der Waals surface area contributed by atoms with E-state index in [1.165, 1.54) is 0 Å². The number of hydrogen-bond donors (Lipinski definition) is 1. The van der Waals surface area contributed by atoms with Crippen molar-refractivity contribution in [3.05, 3.63) is 0 Å². The summed E-state index contributed by atoms with van der Waals surface area (Å²) < 4.78 is 0. The largest absolute Gasteiger partial charge is 0.369 e. The number of carbonyl (C=O) groups is 1. The van der Waals surface area contributed by atoms with E-state index < -0.39 is 0 Å². The summed E-state index contributed by atoms with van der Waals surface area (Å²) in [5.41, 5.74) is 5.09. The Hall–Kier alpha value is -0.530.